The van der Waals surface area contributed by atoms with Gasteiger partial charge in [0, 0.05) is 6.42 Å². The molecule has 0 unspecified atom stereocenters. The van der Waals surface area contributed by atoms with Crippen LogP contribution in [0.2, 0.25) is 0 Å². The molecule has 1 radical (unpaired) electrons. The molecule has 0 heterocycles. The van der Waals surface area contributed by atoms with Gasteiger partial charge in [-0.25, -0.2) is 0 Å². The van der Waals surface area contributed by atoms with Crippen molar-refractivity contribution in [2.24, 2.45) is 0 Å². The highest BCUT2D eigenvalue weighted by Crippen LogP contribution is 2.14. The van der Waals surface area contributed by atoms with E-state index in [0.717, 1.165) is 12.8 Å². The van der Waals surface area contributed by atoms with Crippen molar-refractivity contribution in [3.8, 4) is 5.92 Å². The molecular formula is C15H19. The molecule has 0 fully saturated rings. The third-order valence-corrected chi connectivity index (χ3v) is 2.75. The summed E-state index contributed by atoms with van der Waals surface area (Å²) in [4.78, 5) is 0. The second-order valence-corrected chi connectivity index (χ2v) is 4.17. The highest BCUT2D eigenvalue weighted by molar-refractivity contribution is 5.30. The Labute approximate surface area is 93.7 Å². The molecule has 0 atom stereocenters. The minimum Gasteiger partial charge on any atom is -0.0891 e. The Morgan fingerprint density at radius 2 is 1.93 bits per heavy atom. The van der Waals surface area contributed by atoms with Crippen LogP contribution in [-0.4, -0.2) is 0 Å². The van der Waals surface area contributed by atoms with E-state index in [1.807, 2.05) is 0 Å². The van der Waals surface area contributed by atoms with Crippen LogP contribution in [-0.2, 0) is 6.42 Å². The fraction of sp³-hybridized carbons (Fsp3) is 0.467. The average Bonchev–Trinajstić information content (AvgIpc) is 2.20. The van der Waals surface area contributed by atoms with Crippen LogP contribution in [0.15, 0.2) is 18.2 Å². The molecule has 0 aliphatic heterocycles. The molecule has 0 aliphatic rings. The van der Waals surface area contributed by atoms with Crippen molar-refractivity contribution in [1.29, 1.82) is 0 Å². The number of unbranched alkanes of at least 4 members (excludes halogenated alkanes) is 3. The molecule has 0 aliphatic carbocycles. The Hall–Kier alpha value is -1.22. The number of rotatable bonds is 5. The van der Waals surface area contributed by atoms with E-state index >= 15 is 0 Å². The largest absolute Gasteiger partial charge is 0.0891 e. The first-order chi connectivity index (χ1) is 7.24. The smallest absolute Gasteiger partial charge is 0.00989 e. The van der Waals surface area contributed by atoms with Gasteiger partial charge in [-0.1, -0.05) is 36.1 Å². The normalized spacial score (nSPS) is 9.93. The van der Waals surface area contributed by atoms with Crippen LogP contribution in [0, 0.1) is 26.2 Å². The van der Waals surface area contributed by atoms with Gasteiger partial charge in [-0.15, -0.1) is 0 Å². The van der Waals surface area contributed by atoms with Gasteiger partial charge in [0.05, 0.1) is 0 Å². The highest BCUT2D eigenvalue weighted by atomic mass is 14.0. The summed E-state index contributed by atoms with van der Waals surface area (Å²) >= 11 is 0. The lowest BCUT2D eigenvalue weighted by Crippen LogP contribution is -1.90. The van der Waals surface area contributed by atoms with Gasteiger partial charge in [-0.3, -0.25) is 0 Å². The fourth-order valence-corrected chi connectivity index (χ4v) is 1.83. The zero-order chi connectivity index (χ0) is 11.1. The van der Waals surface area contributed by atoms with Crippen LogP contribution < -0.4 is 0 Å². The Bertz CT molecular complexity index is 342. The Morgan fingerprint density at radius 1 is 1.13 bits per heavy atom. The predicted octanol–water partition coefficient (Wildman–Crippen LogP) is 4.00. The Kier molecular flexibility index (Phi) is 4.98. The monoisotopic (exact) mass is 199 g/mol. The van der Waals surface area contributed by atoms with Gasteiger partial charge in [0.15, 0.2) is 0 Å². The molecule has 0 heteroatoms. The minimum absolute atomic E-state index is 0.812. The fourth-order valence-electron chi connectivity index (χ4n) is 1.83. The van der Waals surface area contributed by atoms with Crippen LogP contribution >= 0.6 is 0 Å². The van der Waals surface area contributed by atoms with Crippen molar-refractivity contribution in [1.82, 2.24) is 0 Å². The van der Waals surface area contributed by atoms with Crippen molar-refractivity contribution < 1.29 is 0 Å². The van der Waals surface area contributed by atoms with Crippen LogP contribution in [0.1, 0.15) is 42.4 Å². The Balaban J connectivity index is 2.35. The maximum atomic E-state index is 6.81. The molecule has 0 amide bonds. The molecule has 0 saturated carbocycles. The SMILES string of the molecule is [C]#CCCCCCc1ccc(C)cc1C. The van der Waals surface area contributed by atoms with E-state index in [9.17, 15) is 0 Å². The quantitative estimate of drug-likeness (QED) is 0.497. The van der Waals surface area contributed by atoms with E-state index in [-0.39, 0.29) is 0 Å². The van der Waals surface area contributed by atoms with Gasteiger partial charge in [-0.2, -0.15) is 0 Å². The van der Waals surface area contributed by atoms with Gasteiger partial charge >= 0.3 is 0 Å². The first-order valence-corrected chi connectivity index (χ1v) is 5.70. The van der Waals surface area contributed by atoms with Gasteiger partial charge < -0.3 is 0 Å². The molecule has 15 heavy (non-hydrogen) atoms. The molecule has 1 rings (SSSR count). The minimum atomic E-state index is 0.812. The lowest BCUT2D eigenvalue weighted by molar-refractivity contribution is 0.691. The zero-order valence-corrected chi connectivity index (χ0v) is 9.77. The first kappa shape index (κ1) is 11.9. The molecule has 0 nitrogen and oxygen atoms in total. The molecule has 0 aromatic heterocycles. The van der Waals surface area contributed by atoms with E-state index < -0.39 is 0 Å². The van der Waals surface area contributed by atoms with Crippen LogP contribution in [0.4, 0.5) is 0 Å². The van der Waals surface area contributed by atoms with Crippen molar-refractivity contribution >= 4 is 0 Å². The molecule has 1 aromatic rings. The van der Waals surface area contributed by atoms with Crippen molar-refractivity contribution in [3.63, 3.8) is 0 Å². The topological polar surface area (TPSA) is 0 Å². The van der Waals surface area contributed by atoms with E-state index in [2.05, 4.69) is 38.0 Å². The van der Waals surface area contributed by atoms with E-state index in [1.54, 1.807) is 0 Å². The maximum absolute atomic E-state index is 6.81. The van der Waals surface area contributed by atoms with Gasteiger partial charge in [0.1, 0.15) is 0 Å². The third-order valence-electron chi connectivity index (χ3n) is 2.75. The lowest BCUT2D eigenvalue weighted by Gasteiger charge is -2.06. The zero-order valence-electron chi connectivity index (χ0n) is 9.77. The number of hydrogen-bond donors (Lipinski definition) is 0. The average molecular weight is 199 g/mol. The third kappa shape index (κ3) is 4.21. The number of aryl methyl sites for hydroxylation is 3. The molecule has 0 spiro atoms. The van der Waals surface area contributed by atoms with Gasteiger partial charge in [0.2, 0.25) is 0 Å². The molecular weight excluding hydrogens is 180 g/mol. The summed E-state index contributed by atoms with van der Waals surface area (Å²) in [6, 6.07) is 6.68. The summed E-state index contributed by atoms with van der Waals surface area (Å²) in [5, 5.41) is 0. The standard InChI is InChI=1S/C15H19/c1-4-5-6-7-8-9-15-11-10-13(2)12-14(15)3/h10-12H,5-9H2,2-3H3. The van der Waals surface area contributed by atoms with E-state index in [4.69, 9.17) is 6.42 Å². The maximum Gasteiger partial charge on any atom is 0.00989 e. The van der Waals surface area contributed by atoms with Crippen LogP contribution in [0.25, 0.3) is 0 Å². The molecule has 79 valence electrons. The van der Waals surface area contributed by atoms with Crippen molar-refractivity contribution in [2.45, 2.75) is 46.0 Å². The Morgan fingerprint density at radius 3 is 2.60 bits per heavy atom. The van der Waals surface area contributed by atoms with Gasteiger partial charge in [-0.05, 0) is 50.7 Å². The van der Waals surface area contributed by atoms with Crippen molar-refractivity contribution in [3.05, 3.63) is 41.3 Å². The van der Waals surface area contributed by atoms with Crippen LogP contribution in [0.5, 0.6) is 0 Å². The summed E-state index contributed by atoms with van der Waals surface area (Å²) in [5.41, 5.74) is 4.22. The number of benzene rings is 1. The molecule has 0 saturated heterocycles. The molecule has 1 aromatic carbocycles. The lowest BCUT2D eigenvalue weighted by atomic mass is 10.00. The van der Waals surface area contributed by atoms with E-state index in [0.29, 0.717) is 0 Å². The summed E-state index contributed by atoms with van der Waals surface area (Å²) in [6.45, 7) is 4.32. The summed E-state index contributed by atoms with van der Waals surface area (Å²) < 4.78 is 0. The molecule has 0 N–H and O–H groups in total. The number of hydrogen-bond acceptors (Lipinski definition) is 0. The predicted molar refractivity (Wildman–Crippen MR) is 65.2 cm³/mol. The summed E-state index contributed by atoms with van der Waals surface area (Å²) in [5.74, 6) is 2.44. The second kappa shape index (κ2) is 6.30. The summed E-state index contributed by atoms with van der Waals surface area (Å²) in [6.07, 6.45) is 12.3. The van der Waals surface area contributed by atoms with Crippen LogP contribution in [0.3, 0.4) is 0 Å². The van der Waals surface area contributed by atoms with Gasteiger partial charge in [0.25, 0.3) is 0 Å². The summed E-state index contributed by atoms with van der Waals surface area (Å²) in [7, 11) is 0. The highest BCUT2D eigenvalue weighted by Gasteiger charge is 1.98. The second-order valence-electron chi connectivity index (χ2n) is 4.17. The first-order valence-electron chi connectivity index (χ1n) is 5.70. The van der Waals surface area contributed by atoms with E-state index in [1.165, 1.54) is 36.0 Å². The van der Waals surface area contributed by atoms with Crippen molar-refractivity contribution in [2.75, 3.05) is 0 Å². The molecule has 0 bridgehead atoms.